The molecule has 0 atom stereocenters. The zero-order chi connectivity index (χ0) is 12.3. The summed E-state index contributed by atoms with van der Waals surface area (Å²) in [6, 6.07) is 0. The van der Waals surface area contributed by atoms with Gasteiger partial charge in [-0.25, -0.2) is 19.2 Å². The molecule has 0 aliphatic heterocycles. The zero-order valence-corrected chi connectivity index (χ0v) is 9.50. The maximum absolute atomic E-state index is 4.75. The molecule has 0 fully saturated rings. The summed E-state index contributed by atoms with van der Waals surface area (Å²) in [7, 11) is 0. The van der Waals surface area contributed by atoms with Gasteiger partial charge in [-0.05, 0) is 34.5 Å². The molecule has 8 heteroatoms. The second kappa shape index (κ2) is 2.97. The SMILES string of the molecule is Cc1nc2c3nonc3c(C)nc2c2nonc12. The third kappa shape index (κ3) is 0.992. The monoisotopic (exact) mass is 242 g/mol. The van der Waals surface area contributed by atoms with Crippen molar-refractivity contribution in [3.63, 3.8) is 0 Å². The van der Waals surface area contributed by atoms with Gasteiger partial charge in [-0.3, -0.25) is 0 Å². The quantitative estimate of drug-likeness (QED) is 0.454. The Morgan fingerprint density at radius 2 is 0.944 bits per heavy atom. The third-order valence-corrected chi connectivity index (χ3v) is 2.89. The highest BCUT2D eigenvalue weighted by atomic mass is 16.6. The van der Waals surface area contributed by atoms with E-state index in [4.69, 9.17) is 9.26 Å². The fraction of sp³-hybridized carbons (Fsp3) is 0.200. The average molecular weight is 242 g/mol. The Balaban J connectivity index is 2.40. The molecule has 4 rings (SSSR count). The van der Waals surface area contributed by atoms with Gasteiger partial charge in [-0.2, -0.15) is 0 Å². The van der Waals surface area contributed by atoms with Gasteiger partial charge in [-0.1, -0.05) is 0 Å². The minimum atomic E-state index is 0.575. The van der Waals surface area contributed by atoms with Crippen molar-refractivity contribution in [2.24, 2.45) is 0 Å². The molecule has 0 radical (unpaired) electrons. The van der Waals surface area contributed by atoms with Gasteiger partial charge in [0.25, 0.3) is 0 Å². The zero-order valence-electron chi connectivity index (χ0n) is 9.50. The number of hydrogen-bond acceptors (Lipinski definition) is 8. The summed E-state index contributed by atoms with van der Waals surface area (Å²) in [6.07, 6.45) is 0. The minimum Gasteiger partial charge on any atom is -0.246 e. The number of fused-ring (bicyclic) bond motifs is 5. The van der Waals surface area contributed by atoms with Gasteiger partial charge in [0.05, 0.1) is 11.4 Å². The molecule has 0 bridgehead atoms. The van der Waals surface area contributed by atoms with Crippen LogP contribution in [0.2, 0.25) is 0 Å². The Kier molecular flexibility index (Phi) is 1.55. The van der Waals surface area contributed by atoms with Crippen molar-refractivity contribution >= 4 is 33.1 Å². The van der Waals surface area contributed by atoms with Crippen molar-refractivity contribution in [1.29, 1.82) is 0 Å². The van der Waals surface area contributed by atoms with Crippen LogP contribution in [0.25, 0.3) is 33.1 Å². The summed E-state index contributed by atoms with van der Waals surface area (Å²) in [5, 5.41) is 15.4. The van der Waals surface area contributed by atoms with Crippen LogP contribution in [-0.4, -0.2) is 30.6 Å². The third-order valence-electron chi connectivity index (χ3n) is 2.89. The van der Waals surface area contributed by atoms with Crippen LogP contribution in [0.15, 0.2) is 9.26 Å². The van der Waals surface area contributed by atoms with Crippen LogP contribution in [0.4, 0.5) is 0 Å². The molecule has 0 aliphatic carbocycles. The fourth-order valence-electron chi connectivity index (χ4n) is 2.04. The highest BCUT2D eigenvalue weighted by Gasteiger charge is 2.18. The molecule has 0 unspecified atom stereocenters. The van der Waals surface area contributed by atoms with E-state index in [9.17, 15) is 0 Å². The van der Waals surface area contributed by atoms with Crippen molar-refractivity contribution in [2.75, 3.05) is 0 Å². The number of pyridine rings is 2. The predicted octanol–water partition coefficient (Wildman–Crippen LogP) is 1.32. The number of aryl methyl sites for hydroxylation is 2. The Morgan fingerprint density at radius 3 is 1.39 bits per heavy atom. The lowest BCUT2D eigenvalue weighted by atomic mass is 10.2. The summed E-state index contributed by atoms with van der Waals surface area (Å²) in [6.45, 7) is 3.65. The molecule has 0 amide bonds. The molecule has 0 N–H and O–H groups in total. The summed E-state index contributed by atoms with van der Waals surface area (Å²) >= 11 is 0. The molecule has 0 saturated heterocycles. The first-order valence-electron chi connectivity index (χ1n) is 5.27. The maximum Gasteiger partial charge on any atom is 0.164 e. The minimum absolute atomic E-state index is 0.575. The Morgan fingerprint density at radius 1 is 0.556 bits per heavy atom. The summed E-state index contributed by atoms with van der Waals surface area (Å²) in [4.78, 5) is 8.86. The molecule has 4 aromatic rings. The molecule has 18 heavy (non-hydrogen) atoms. The smallest absolute Gasteiger partial charge is 0.164 e. The Labute approximate surface area is 98.9 Å². The van der Waals surface area contributed by atoms with Crippen molar-refractivity contribution in [2.45, 2.75) is 13.8 Å². The van der Waals surface area contributed by atoms with Gasteiger partial charge >= 0.3 is 0 Å². The molecule has 4 heterocycles. The molecular formula is C10H6N6O2. The van der Waals surface area contributed by atoms with Gasteiger partial charge in [-0.15, -0.1) is 0 Å². The molecule has 0 saturated carbocycles. The molecule has 0 aromatic carbocycles. The lowest BCUT2D eigenvalue weighted by Crippen LogP contribution is -1.94. The van der Waals surface area contributed by atoms with Gasteiger partial charge in [0.1, 0.15) is 11.0 Å². The predicted molar refractivity (Wildman–Crippen MR) is 59.7 cm³/mol. The van der Waals surface area contributed by atoms with E-state index in [-0.39, 0.29) is 0 Å². The number of nitrogens with zero attached hydrogens (tertiary/aromatic N) is 6. The van der Waals surface area contributed by atoms with Crippen LogP contribution in [0, 0.1) is 13.8 Å². The number of rotatable bonds is 0. The maximum atomic E-state index is 4.75. The second-order valence-corrected chi connectivity index (χ2v) is 4.01. The average Bonchev–Trinajstić information content (AvgIpc) is 2.98. The van der Waals surface area contributed by atoms with Gasteiger partial charge in [0, 0.05) is 0 Å². The van der Waals surface area contributed by atoms with E-state index in [1.54, 1.807) is 0 Å². The standard InChI is InChI=1S/C10H6N6O2/c1-3-5-9(15-17-13-5)8-7(11-3)10-6(4(2)12-8)14-18-16-10/h1-2H3. The molecular weight excluding hydrogens is 236 g/mol. The molecule has 0 spiro atoms. The van der Waals surface area contributed by atoms with Crippen LogP contribution in [0.3, 0.4) is 0 Å². The Bertz CT molecular complexity index is 833. The van der Waals surface area contributed by atoms with Crippen molar-refractivity contribution in [3.8, 4) is 0 Å². The summed E-state index contributed by atoms with van der Waals surface area (Å²) in [5.74, 6) is 0. The topological polar surface area (TPSA) is 104 Å². The fourth-order valence-corrected chi connectivity index (χ4v) is 2.04. The largest absolute Gasteiger partial charge is 0.246 e. The van der Waals surface area contributed by atoms with Crippen molar-refractivity contribution < 1.29 is 9.26 Å². The Hall–Kier alpha value is -2.64. The van der Waals surface area contributed by atoms with Crippen LogP contribution in [0.5, 0.6) is 0 Å². The van der Waals surface area contributed by atoms with E-state index < -0.39 is 0 Å². The normalized spacial score (nSPS) is 11.9. The molecule has 4 aromatic heterocycles. The van der Waals surface area contributed by atoms with Crippen LogP contribution >= 0.6 is 0 Å². The highest BCUT2D eigenvalue weighted by Crippen LogP contribution is 2.27. The number of aromatic nitrogens is 6. The van der Waals surface area contributed by atoms with E-state index in [0.717, 1.165) is 0 Å². The second-order valence-electron chi connectivity index (χ2n) is 4.01. The van der Waals surface area contributed by atoms with Crippen LogP contribution in [0.1, 0.15) is 11.4 Å². The molecule has 0 aliphatic rings. The van der Waals surface area contributed by atoms with Crippen LogP contribution in [-0.2, 0) is 0 Å². The first-order valence-corrected chi connectivity index (χ1v) is 5.27. The summed E-state index contributed by atoms with van der Waals surface area (Å²) in [5.41, 5.74) is 4.95. The van der Waals surface area contributed by atoms with Crippen molar-refractivity contribution in [1.82, 2.24) is 30.6 Å². The molecule has 8 nitrogen and oxygen atoms in total. The van der Waals surface area contributed by atoms with E-state index in [1.807, 2.05) is 13.8 Å². The first-order chi connectivity index (χ1) is 8.75. The van der Waals surface area contributed by atoms with Gasteiger partial charge < -0.3 is 0 Å². The summed E-state index contributed by atoms with van der Waals surface area (Å²) < 4.78 is 9.50. The van der Waals surface area contributed by atoms with E-state index >= 15 is 0 Å². The highest BCUT2D eigenvalue weighted by molar-refractivity contribution is 6.09. The van der Waals surface area contributed by atoms with E-state index in [2.05, 4.69) is 30.6 Å². The lowest BCUT2D eigenvalue weighted by molar-refractivity contribution is 0.315. The van der Waals surface area contributed by atoms with Crippen LogP contribution < -0.4 is 0 Å². The lowest BCUT2D eigenvalue weighted by Gasteiger charge is -2.00. The first kappa shape index (κ1) is 9.40. The van der Waals surface area contributed by atoms with Crippen molar-refractivity contribution in [3.05, 3.63) is 11.4 Å². The molecule has 88 valence electrons. The number of hydrogen-bond donors (Lipinski definition) is 0. The van der Waals surface area contributed by atoms with E-state index in [0.29, 0.717) is 44.5 Å². The van der Waals surface area contributed by atoms with Gasteiger partial charge in [0.2, 0.25) is 0 Å². The van der Waals surface area contributed by atoms with E-state index in [1.165, 1.54) is 0 Å². The van der Waals surface area contributed by atoms with Gasteiger partial charge in [0.15, 0.2) is 22.1 Å².